The Morgan fingerprint density at radius 2 is 1.57 bits per heavy atom. The molecular weight excluding hydrogens is 278 g/mol. The molecule has 0 N–H and O–H groups in total. The summed E-state index contributed by atoms with van der Waals surface area (Å²) in [5.41, 5.74) is 1.17. The molecule has 3 heteroatoms. The fourth-order valence-electron chi connectivity index (χ4n) is 2.30. The molecule has 0 fully saturated rings. The maximum atomic E-state index is 11.5. The van der Waals surface area contributed by atoms with E-state index in [9.17, 15) is 4.79 Å². The standard InChI is InChI=1S/C18H21NOS/c1-15(13-21-18-11-7-4-8-12-18)19(14-20)16(2)17-9-5-3-6-10-17/h3-12,14-16H,13H2,1-2H3/t15-,16-/m1/s1. The number of hydrogen-bond donors (Lipinski definition) is 0. The molecule has 0 unspecified atom stereocenters. The molecule has 2 nitrogen and oxygen atoms in total. The second-order valence-electron chi connectivity index (χ2n) is 5.11. The highest BCUT2D eigenvalue weighted by molar-refractivity contribution is 7.99. The van der Waals surface area contributed by atoms with Gasteiger partial charge in [0.05, 0.1) is 6.04 Å². The highest BCUT2D eigenvalue weighted by atomic mass is 32.2. The Morgan fingerprint density at radius 1 is 1.00 bits per heavy atom. The average molecular weight is 299 g/mol. The van der Waals surface area contributed by atoms with Crippen molar-refractivity contribution in [2.75, 3.05) is 5.75 Å². The number of rotatable bonds is 7. The second-order valence-corrected chi connectivity index (χ2v) is 6.21. The van der Waals surface area contributed by atoms with Gasteiger partial charge in [0.1, 0.15) is 0 Å². The zero-order chi connectivity index (χ0) is 15.1. The largest absolute Gasteiger partial charge is 0.335 e. The molecule has 2 atom stereocenters. The fourth-order valence-corrected chi connectivity index (χ4v) is 3.26. The van der Waals surface area contributed by atoms with Gasteiger partial charge in [0.25, 0.3) is 0 Å². The van der Waals surface area contributed by atoms with Gasteiger partial charge in [-0.25, -0.2) is 0 Å². The first-order chi connectivity index (χ1) is 10.2. The number of thioether (sulfide) groups is 1. The van der Waals surface area contributed by atoms with Crippen molar-refractivity contribution in [1.29, 1.82) is 0 Å². The van der Waals surface area contributed by atoms with Crippen LogP contribution in [0.25, 0.3) is 0 Å². The quantitative estimate of drug-likeness (QED) is 0.558. The number of nitrogens with zero attached hydrogens (tertiary/aromatic N) is 1. The van der Waals surface area contributed by atoms with Crippen LogP contribution in [0.1, 0.15) is 25.5 Å². The minimum Gasteiger partial charge on any atom is -0.335 e. The highest BCUT2D eigenvalue weighted by Gasteiger charge is 2.19. The monoisotopic (exact) mass is 299 g/mol. The maximum Gasteiger partial charge on any atom is 0.210 e. The third-order valence-electron chi connectivity index (χ3n) is 3.59. The summed E-state index contributed by atoms with van der Waals surface area (Å²) in [6.07, 6.45) is 0.966. The third kappa shape index (κ3) is 4.36. The van der Waals surface area contributed by atoms with Gasteiger partial charge in [0.2, 0.25) is 6.41 Å². The van der Waals surface area contributed by atoms with Crippen LogP contribution in [0, 0.1) is 0 Å². The van der Waals surface area contributed by atoms with E-state index < -0.39 is 0 Å². The molecule has 0 heterocycles. The molecule has 0 aliphatic rings. The van der Waals surface area contributed by atoms with Crippen LogP contribution < -0.4 is 0 Å². The van der Waals surface area contributed by atoms with Crippen LogP contribution in [-0.2, 0) is 4.79 Å². The summed E-state index contributed by atoms with van der Waals surface area (Å²) in [4.78, 5) is 14.6. The second kappa shape index (κ2) is 7.89. The van der Waals surface area contributed by atoms with Gasteiger partial charge in [0.15, 0.2) is 0 Å². The zero-order valence-corrected chi connectivity index (χ0v) is 13.3. The van der Waals surface area contributed by atoms with E-state index in [1.165, 1.54) is 10.5 Å². The molecule has 1 amide bonds. The summed E-state index contributed by atoms with van der Waals surface area (Å²) in [5.74, 6) is 0.889. The van der Waals surface area contributed by atoms with Gasteiger partial charge in [-0.1, -0.05) is 48.5 Å². The van der Waals surface area contributed by atoms with Crippen LogP contribution in [0.4, 0.5) is 0 Å². The molecular formula is C18H21NOS. The molecule has 0 aliphatic carbocycles. The van der Waals surface area contributed by atoms with E-state index in [1.54, 1.807) is 11.8 Å². The van der Waals surface area contributed by atoms with E-state index in [0.29, 0.717) is 0 Å². The topological polar surface area (TPSA) is 20.3 Å². The Bertz CT molecular complexity index is 544. The van der Waals surface area contributed by atoms with E-state index >= 15 is 0 Å². The summed E-state index contributed by atoms with van der Waals surface area (Å²) >= 11 is 1.78. The van der Waals surface area contributed by atoms with Crippen LogP contribution >= 0.6 is 11.8 Å². The molecule has 0 spiro atoms. The molecule has 2 aromatic rings. The van der Waals surface area contributed by atoms with Crippen LogP contribution in [0.5, 0.6) is 0 Å². The third-order valence-corrected chi connectivity index (χ3v) is 4.85. The number of amides is 1. The molecule has 0 saturated carbocycles. The predicted molar refractivity (Wildman–Crippen MR) is 89.4 cm³/mol. The average Bonchev–Trinajstić information content (AvgIpc) is 2.55. The van der Waals surface area contributed by atoms with Crippen molar-refractivity contribution in [2.24, 2.45) is 0 Å². The number of benzene rings is 2. The molecule has 0 aliphatic heterocycles. The van der Waals surface area contributed by atoms with Gasteiger partial charge >= 0.3 is 0 Å². The molecule has 2 aromatic carbocycles. The predicted octanol–water partition coefficient (Wildman–Crippen LogP) is 4.39. The lowest BCUT2D eigenvalue weighted by atomic mass is 10.1. The first-order valence-electron chi connectivity index (χ1n) is 7.18. The number of carbonyl (C=O) groups is 1. The lowest BCUT2D eigenvalue weighted by Crippen LogP contribution is -2.35. The SMILES string of the molecule is C[C@H](CSc1ccccc1)N(C=O)[C@H](C)c1ccccc1. The Hall–Kier alpha value is -1.74. The smallest absolute Gasteiger partial charge is 0.210 e. The van der Waals surface area contributed by atoms with E-state index in [-0.39, 0.29) is 12.1 Å². The maximum absolute atomic E-state index is 11.5. The van der Waals surface area contributed by atoms with Crippen molar-refractivity contribution in [2.45, 2.75) is 30.8 Å². The Kier molecular flexibility index (Phi) is 5.88. The van der Waals surface area contributed by atoms with E-state index in [0.717, 1.165) is 12.2 Å². The van der Waals surface area contributed by atoms with Gasteiger partial charge in [-0.3, -0.25) is 4.79 Å². The molecule has 0 radical (unpaired) electrons. The van der Waals surface area contributed by atoms with E-state index in [2.05, 4.69) is 38.1 Å². The summed E-state index contributed by atoms with van der Waals surface area (Å²) < 4.78 is 0. The minimum absolute atomic E-state index is 0.0927. The number of hydrogen-bond acceptors (Lipinski definition) is 2. The van der Waals surface area contributed by atoms with Crippen LogP contribution in [0.3, 0.4) is 0 Å². The summed E-state index contributed by atoms with van der Waals surface area (Å²) in [5, 5.41) is 0. The lowest BCUT2D eigenvalue weighted by molar-refractivity contribution is -0.121. The van der Waals surface area contributed by atoms with Gasteiger partial charge in [-0.15, -0.1) is 11.8 Å². The van der Waals surface area contributed by atoms with Gasteiger partial charge < -0.3 is 4.90 Å². The summed E-state index contributed by atoms with van der Waals surface area (Å²) in [6, 6.07) is 20.7. The molecule has 2 rings (SSSR count). The Balaban J connectivity index is 1.98. The summed E-state index contributed by atoms with van der Waals surface area (Å²) in [6.45, 7) is 4.18. The van der Waals surface area contributed by atoms with Crippen molar-refractivity contribution >= 4 is 18.2 Å². The number of carbonyl (C=O) groups excluding carboxylic acids is 1. The summed E-state index contributed by atoms with van der Waals surface area (Å²) in [7, 11) is 0. The van der Waals surface area contributed by atoms with Gasteiger partial charge in [-0.2, -0.15) is 0 Å². The van der Waals surface area contributed by atoms with Crippen molar-refractivity contribution in [3.05, 3.63) is 66.2 Å². The van der Waals surface area contributed by atoms with Crippen molar-refractivity contribution in [1.82, 2.24) is 4.90 Å². The van der Waals surface area contributed by atoms with Crippen molar-refractivity contribution < 1.29 is 4.79 Å². The molecule has 110 valence electrons. The normalized spacial score (nSPS) is 13.4. The molecule has 0 bridgehead atoms. The van der Waals surface area contributed by atoms with Gasteiger partial charge in [-0.05, 0) is 31.5 Å². The van der Waals surface area contributed by atoms with Crippen LogP contribution in [0.15, 0.2) is 65.6 Å². The van der Waals surface area contributed by atoms with Crippen LogP contribution in [-0.4, -0.2) is 23.1 Å². The molecule has 0 aromatic heterocycles. The first kappa shape index (κ1) is 15.6. The fraction of sp³-hybridized carbons (Fsp3) is 0.278. The zero-order valence-electron chi connectivity index (χ0n) is 12.5. The van der Waals surface area contributed by atoms with Crippen molar-refractivity contribution in [3.8, 4) is 0 Å². The first-order valence-corrected chi connectivity index (χ1v) is 8.16. The van der Waals surface area contributed by atoms with Crippen LogP contribution in [0.2, 0.25) is 0 Å². The van der Waals surface area contributed by atoms with Gasteiger partial charge in [0, 0.05) is 16.7 Å². The van der Waals surface area contributed by atoms with E-state index in [1.807, 2.05) is 41.3 Å². The molecule has 21 heavy (non-hydrogen) atoms. The lowest BCUT2D eigenvalue weighted by Gasteiger charge is -2.31. The highest BCUT2D eigenvalue weighted by Crippen LogP contribution is 2.25. The minimum atomic E-state index is 0.0927. The van der Waals surface area contributed by atoms with E-state index in [4.69, 9.17) is 0 Å². The molecule has 0 saturated heterocycles. The Labute approximate surface area is 131 Å². The van der Waals surface area contributed by atoms with Crippen molar-refractivity contribution in [3.63, 3.8) is 0 Å². The Morgan fingerprint density at radius 3 is 2.14 bits per heavy atom.